The third-order valence-corrected chi connectivity index (χ3v) is 4.53. The summed E-state index contributed by atoms with van der Waals surface area (Å²) in [5.74, 6) is 1.17. The van der Waals surface area contributed by atoms with Gasteiger partial charge in [0.1, 0.15) is 0 Å². The molecule has 0 spiro atoms. The predicted octanol–water partition coefficient (Wildman–Crippen LogP) is 3.68. The van der Waals surface area contributed by atoms with Crippen molar-refractivity contribution < 1.29 is 0 Å². The maximum Gasteiger partial charge on any atom is 0.0825 e. The quantitative estimate of drug-likeness (QED) is 0.864. The molecule has 0 amide bonds. The molecule has 1 unspecified atom stereocenters. The number of aromatic amines is 1. The number of aryl methyl sites for hydroxylation is 2. The summed E-state index contributed by atoms with van der Waals surface area (Å²) < 4.78 is 0. The lowest BCUT2D eigenvalue weighted by Gasteiger charge is -2.26. The van der Waals surface area contributed by atoms with Gasteiger partial charge in [-0.25, -0.2) is 0 Å². The minimum atomic E-state index is 0.400. The Morgan fingerprint density at radius 1 is 1.33 bits per heavy atom. The second-order valence-electron chi connectivity index (χ2n) is 4.68. The van der Waals surface area contributed by atoms with Crippen LogP contribution in [0.25, 0.3) is 0 Å². The summed E-state index contributed by atoms with van der Waals surface area (Å²) in [6.45, 7) is 4.10. The van der Waals surface area contributed by atoms with Gasteiger partial charge in [-0.1, -0.05) is 18.2 Å². The molecule has 0 bridgehead atoms. The van der Waals surface area contributed by atoms with E-state index in [1.165, 1.54) is 16.2 Å². The third kappa shape index (κ3) is 2.01. The van der Waals surface area contributed by atoms with Gasteiger partial charge in [-0.15, -0.1) is 11.8 Å². The van der Waals surface area contributed by atoms with Crippen LogP contribution in [0.5, 0.6) is 0 Å². The number of aromatic nitrogens is 2. The zero-order chi connectivity index (χ0) is 12.5. The fourth-order valence-electron chi connectivity index (χ4n) is 2.43. The van der Waals surface area contributed by atoms with Crippen LogP contribution < -0.4 is 5.32 Å². The van der Waals surface area contributed by atoms with E-state index in [0.29, 0.717) is 6.04 Å². The second-order valence-corrected chi connectivity index (χ2v) is 5.82. The summed E-state index contributed by atoms with van der Waals surface area (Å²) in [5, 5.41) is 10.9. The normalized spacial score (nSPS) is 18.4. The van der Waals surface area contributed by atoms with Gasteiger partial charge in [-0.2, -0.15) is 5.10 Å². The molecule has 0 saturated heterocycles. The number of hydrogen-bond donors (Lipinski definition) is 2. The number of benzene rings is 1. The molecule has 2 N–H and O–H groups in total. The highest BCUT2D eigenvalue weighted by atomic mass is 32.2. The molecule has 1 atom stereocenters. The summed E-state index contributed by atoms with van der Waals surface area (Å²) in [4.78, 5) is 1.40. The summed E-state index contributed by atoms with van der Waals surface area (Å²) in [6.07, 6.45) is 1.16. The lowest BCUT2D eigenvalue weighted by Crippen LogP contribution is -2.16. The number of hydrogen-bond acceptors (Lipinski definition) is 3. The van der Waals surface area contributed by atoms with E-state index in [-0.39, 0.29) is 0 Å². The van der Waals surface area contributed by atoms with Crippen molar-refractivity contribution in [3.05, 3.63) is 41.2 Å². The highest BCUT2D eigenvalue weighted by molar-refractivity contribution is 7.99. The Labute approximate surface area is 111 Å². The number of H-pyrrole nitrogens is 1. The number of rotatable bonds is 2. The van der Waals surface area contributed by atoms with Crippen molar-refractivity contribution in [1.29, 1.82) is 0 Å². The Kier molecular flexibility index (Phi) is 3.04. The van der Waals surface area contributed by atoms with Crippen molar-refractivity contribution in [3.63, 3.8) is 0 Å². The SMILES string of the molecule is Cc1n[nH]c(C)c1NC1CCSc2ccccc21. The molecule has 1 aromatic heterocycles. The number of nitrogens with zero attached hydrogens (tertiary/aromatic N) is 1. The van der Waals surface area contributed by atoms with E-state index in [1.807, 2.05) is 18.7 Å². The van der Waals surface area contributed by atoms with Gasteiger partial charge in [0, 0.05) is 10.6 Å². The molecular weight excluding hydrogens is 242 g/mol. The molecule has 4 heteroatoms. The Bertz CT molecular complexity index is 542. The van der Waals surface area contributed by atoms with Gasteiger partial charge in [0.05, 0.1) is 23.1 Å². The molecule has 1 aliphatic rings. The van der Waals surface area contributed by atoms with E-state index in [2.05, 4.69) is 46.7 Å². The first-order chi connectivity index (χ1) is 8.75. The fraction of sp³-hybridized carbons (Fsp3) is 0.357. The second kappa shape index (κ2) is 4.69. The molecule has 1 aliphatic heterocycles. The minimum absolute atomic E-state index is 0.400. The third-order valence-electron chi connectivity index (χ3n) is 3.41. The molecule has 2 aromatic rings. The Balaban J connectivity index is 1.91. The van der Waals surface area contributed by atoms with Gasteiger partial charge in [0.25, 0.3) is 0 Å². The first kappa shape index (κ1) is 11.7. The summed E-state index contributed by atoms with van der Waals surface area (Å²) in [7, 11) is 0. The average molecular weight is 259 g/mol. The van der Waals surface area contributed by atoms with Crippen LogP contribution in [0.4, 0.5) is 5.69 Å². The van der Waals surface area contributed by atoms with Crippen LogP contribution >= 0.6 is 11.8 Å². The molecular formula is C14H17N3S. The number of thioether (sulfide) groups is 1. The molecule has 0 fully saturated rings. The highest BCUT2D eigenvalue weighted by Gasteiger charge is 2.21. The van der Waals surface area contributed by atoms with Gasteiger partial charge >= 0.3 is 0 Å². The van der Waals surface area contributed by atoms with Crippen molar-refractivity contribution in [3.8, 4) is 0 Å². The monoisotopic (exact) mass is 259 g/mol. The molecule has 0 radical (unpaired) electrons. The van der Waals surface area contributed by atoms with Crippen LogP contribution in [0, 0.1) is 13.8 Å². The molecule has 3 rings (SSSR count). The van der Waals surface area contributed by atoms with Crippen LogP contribution in [-0.2, 0) is 0 Å². The van der Waals surface area contributed by atoms with Crippen LogP contribution in [0.15, 0.2) is 29.2 Å². The molecule has 1 aromatic carbocycles. The number of fused-ring (bicyclic) bond motifs is 1. The zero-order valence-electron chi connectivity index (χ0n) is 10.7. The van der Waals surface area contributed by atoms with Crippen LogP contribution in [0.1, 0.15) is 29.4 Å². The fourth-order valence-corrected chi connectivity index (χ4v) is 3.56. The maximum atomic E-state index is 4.24. The predicted molar refractivity (Wildman–Crippen MR) is 76.2 cm³/mol. The van der Waals surface area contributed by atoms with Crippen LogP contribution in [0.3, 0.4) is 0 Å². The lowest BCUT2D eigenvalue weighted by molar-refractivity contribution is 0.727. The van der Waals surface area contributed by atoms with E-state index < -0.39 is 0 Å². The van der Waals surface area contributed by atoms with E-state index >= 15 is 0 Å². The summed E-state index contributed by atoms with van der Waals surface area (Å²) in [6, 6.07) is 9.07. The van der Waals surface area contributed by atoms with Gasteiger partial charge in [0.2, 0.25) is 0 Å². The van der Waals surface area contributed by atoms with Crippen molar-refractivity contribution in [1.82, 2.24) is 10.2 Å². The maximum absolute atomic E-state index is 4.24. The van der Waals surface area contributed by atoms with Gasteiger partial charge in [-0.3, -0.25) is 5.10 Å². The molecule has 2 heterocycles. The molecule has 0 aliphatic carbocycles. The van der Waals surface area contributed by atoms with Gasteiger partial charge in [-0.05, 0) is 31.9 Å². The highest BCUT2D eigenvalue weighted by Crippen LogP contribution is 2.38. The average Bonchev–Trinajstić information content (AvgIpc) is 2.71. The molecule has 0 saturated carbocycles. The standard InChI is InChI=1S/C14H17N3S/c1-9-14(10(2)17-16-9)15-12-7-8-18-13-6-4-3-5-11(12)13/h3-6,12,15H,7-8H2,1-2H3,(H,16,17). The van der Waals surface area contributed by atoms with E-state index in [4.69, 9.17) is 0 Å². The lowest BCUT2D eigenvalue weighted by atomic mass is 10.0. The van der Waals surface area contributed by atoms with Crippen molar-refractivity contribution in [2.45, 2.75) is 31.2 Å². The van der Waals surface area contributed by atoms with Crippen LogP contribution in [0.2, 0.25) is 0 Å². The molecule has 94 valence electrons. The number of anilines is 1. The largest absolute Gasteiger partial charge is 0.375 e. The van der Waals surface area contributed by atoms with Crippen molar-refractivity contribution in [2.24, 2.45) is 0 Å². The zero-order valence-corrected chi connectivity index (χ0v) is 11.5. The summed E-state index contributed by atoms with van der Waals surface area (Å²) >= 11 is 1.95. The first-order valence-electron chi connectivity index (χ1n) is 6.25. The van der Waals surface area contributed by atoms with Crippen LogP contribution in [-0.4, -0.2) is 16.0 Å². The van der Waals surface area contributed by atoms with E-state index in [0.717, 1.165) is 23.5 Å². The smallest absolute Gasteiger partial charge is 0.0825 e. The molecule has 18 heavy (non-hydrogen) atoms. The number of nitrogens with one attached hydrogen (secondary N) is 2. The Morgan fingerprint density at radius 3 is 2.94 bits per heavy atom. The topological polar surface area (TPSA) is 40.7 Å². The van der Waals surface area contributed by atoms with E-state index in [1.54, 1.807) is 0 Å². The first-order valence-corrected chi connectivity index (χ1v) is 7.24. The van der Waals surface area contributed by atoms with Crippen molar-refractivity contribution >= 4 is 17.4 Å². The van der Waals surface area contributed by atoms with Gasteiger partial charge < -0.3 is 5.32 Å². The molecule has 3 nitrogen and oxygen atoms in total. The van der Waals surface area contributed by atoms with Crippen molar-refractivity contribution in [2.75, 3.05) is 11.1 Å². The van der Waals surface area contributed by atoms with E-state index in [9.17, 15) is 0 Å². The Morgan fingerprint density at radius 2 is 2.17 bits per heavy atom. The Hall–Kier alpha value is -1.42. The van der Waals surface area contributed by atoms with Gasteiger partial charge in [0.15, 0.2) is 0 Å². The minimum Gasteiger partial charge on any atom is -0.375 e. The summed E-state index contributed by atoms with van der Waals surface area (Å²) in [5.41, 5.74) is 4.72.